The van der Waals surface area contributed by atoms with Crippen molar-refractivity contribution in [1.29, 1.82) is 0 Å². The molecule has 1 aromatic carbocycles. The highest BCUT2D eigenvalue weighted by Crippen LogP contribution is 2.17. The third-order valence-electron chi connectivity index (χ3n) is 3.20. The summed E-state index contributed by atoms with van der Waals surface area (Å²) in [5.41, 5.74) is 0.959. The SMILES string of the molecule is C[C@H](NC(=O)CN1C(=O)CCC1=O)c1ccc(Br)cc1. The summed E-state index contributed by atoms with van der Waals surface area (Å²) in [5.74, 6) is -0.882. The van der Waals surface area contributed by atoms with Crippen LogP contribution in [0.25, 0.3) is 0 Å². The molecule has 6 heteroatoms. The second-order valence-electron chi connectivity index (χ2n) is 4.71. The predicted molar refractivity (Wildman–Crippen MR) is 76.7 cm³/mol. The molecule has 1 atom stereocenters. The summed E-state index contributed by atoms with van der Waals surface area (Å²) in [5, 5.41) is 2.78. The smallest absolute Gasteiger partial charge is 0.240 e. The van der Waals surface area contributed by atoms with Gasteiger partial charge in [0.1, 0.15) is 6.54 Å². The summed E-state index contributed by atoms with van der Waals surface area (Å²) in [4.78, 5) is 35.8. The molecule has 3 amide bonds. The lowest BCUT2D eigenvalue weighted by Crippen LogP contribution is -2.40. The topological polar surface area (TPSA) is 66.5 Å². The Morgan fingerprint density at radius 1 is 1.25 bits per heavy atom. The maximum absolute atomic E-state index is 11.9. The van der Waals surface area contributed by atoms with Crippen LogP contribution in [0.15, 0.2) is 28.7 Å². The summed E-state index contributed by atoms with van der Waals surface area (Å²) in [7, 11) is 0. The van der Waals surface area contributed by atoms with Gasteiger partial charge in [-0.1, -0.05) is 28.1 Å². The summed E-state index contributed by atoms with van der Waals surface area (Å²) >= 11 is 3.35. The number of imide groups is 1. The van der Waals surface area contributed by atoms with Crippen LogP contribution < -0.4 is 5.32 Å². The Hall–Kier alpha value is -1.69. The van der Waals surface area contributed by atoms with Gasteiger partial charge in [-0.2, -0.15) is 0 Å². The van der Waals surface area contributed by atoms with E-state index in [0.29, 0.717) is 0 Å². The Bertz CT molecular complexity index is 526. The minimum atomic E-state index is -0.330. The Morgan fingerprint density at radius 3 is 2.35 bits per heavy atom. The molecule has 0 bridgehead atoms. The molecule has 0 aromatic heterocycles. The maximum atomic E-state index is 11.9. The van der Waals surface area contributed by atoms with Gasteiger partial charge in [0.05, 0.1) is 6.04 Å². The second-order valence-corrected chi connectivity index (χ2v) is 5.63. The zero-order chi connectivity index (χ0) is 14.7. The van der Waals surface area contributed by atoms with Gasteiger partial charge in [-0.15, -0.1) is 0 Å². The molecule has 106 valence electrons. The lowest BCUT2D eigenvalue weighted by Gasteiger charge is -2.17. The number of hydrogen-bond acceptors (Lipinski definition) is 3. The van der Waals surface area contributed by atoms with Gasteiger partial charge in [-0.05, 0) is 24.6 Å². The number of rotatable bonds is 4. The number of hydrogen-bond donors (Lipinski definition) is 1. The number of amides is 3. The first kappa shape index (κ1) is 14.7. The molecular weight excluding hydrogens is 324 g/mol. The molecule has 0 saturated carbocycles. The summed E-state index contributed by atoms with van der Waals surface area (Å²) in [6.45, 7) is 1.66. The molecule has 1 fully saturated rings. The molecule has 1 heterocycles. The molecule has 1 aliphatic heterocycles. The van der Waals surface area contributed by atoms with Crippen molar-refractivity contribution in [2.75, 3.05) is 6.54 Å². The number of nitrogens with one attached hydrogen (secondary N) is 1. The highest BCUT2D eigenvalue weighted by Gasteiger charge is 2.30. The largest absolute Gasteiger partial charge is 0.348 e. The molecule has 1 aromatic rings. The number of benzene rings is 1. The average molecular weight is 339 g/mol. The summed E-state index contributed by atoms with van der Waals surface area (Å²) in [6, 6.07) is 7.42. The van der Waals surface area contributed by atoms with E-state index in [1.54, 1.807) is 0 Å². The van der Waals surface area contributed by atoms with E-state index >= 15 is 0 Å². The van der Waals surface area contributed by atoms with Crippen LogP contribution in [0.1, 0.15) is 31.4 Å². The Kier molecular flexibility index (Phi) is 4.54. The van der Waals surface area contributed by atoms with Crippen molar-refractivity contribution in [1.82, 2.24) is 10.2 Å². The van der Waals surface area contributed by atoms with E-state index in [-0.39, 0.29) is 43.1 Å². The van der Waals surface area contributed by atoms with Crippen molar-refractivity contribution in [3.63, 3.8) is 0 Å². The van der Waals surface area contributed by atoms with Crippen molar-refractivity contribution in [2.45, 2.75) is 25.8 Å². The predicted octanol–water partition coefficient (Wildman–Crippen LogP) is 1.78. The van der Waals surface area contributed by atoms with Gasteiger partial charge in [0.2, 0.25) is 17.7 Å². The fourth-order valence-corrected chi connectivity index (χ4v) is 2.33. The average Bonchev–Trinajstić information content (AvgIpc) is 2.71. The van der Waals surface area contributed by atoms with Crippen LogP contribution >= 0.6 is 15.9 Å². The second kappa shape index (κ2) is 6.17. The van der Waals surface area contributed by atoms with E-state index in [2.05, 4.69) is 21.2 Å². The minimum absolute atomic E-state index is 0.177. The zero-order valence-corrected chi connectivity index (χ0v) is 12.6. The van der Waals surface area contributed by atoms with Gasteiger partial charge < -0.3 is 5.32 Å². The fraction of sp³-hybridized carbons (Fsp3) is 0.357. The van der Waals surface area contributed by atoms with Crippen molar-refractivity contribution < 1.29 is 14.4 Å². The van der Waals surface area contributed by atoms with Gasteiger partial charge >= 0.3 is 0 Å². The lowest BCUT2D eigenvalue weighted by molar-refractivity contribution is -0.142. The lowest BCUT2D eigenvalue weighted by atomic mass is 10.1. The molecule has 0 spiro atoms. The first-order chi connectivity index (χ1) is 9.47. The van der Waals surface area contributed by atoms with Crippen LogP contribution in [0.5, 0.6) is 0 Å². The highest BCUT2D eigenvalue weighted by molar-refractivity contribution is 9.10. The maximum Gasteiger partial charge on any atom is 0.240 e. The number of halogens is 1. The van der Waals surface area contributed by atoms with E-state index in [9.17, 15) is 14.4 Å². The van der Waals surface area contributed by atoms with Gasteiger partial charge in [-0.25, -0.2) is 0 Å². The van der Waals surface area contributed by atoms with Crippen LogP contribution in [-0.2, 0) is 14.4 Å². The number of carbonyl (C=O) groups is 3. The van der Waals surface area contributed by atoms with Crippen LogP contribution in [0.4, 0.5) is 0 Å². The third kappa shape index (κ3) is 3.45. The number of carbonyl (C=O) groups excluding carboxylic acids is 3. The molecular formula is C14H15BrN2O3. The number of nitrogens with zero attached hydrogens (tertiary/aromatic N) is 1. The third-order valence-corrected chi connectivity index (χ3v) is 3.73. The fourth-order valence-electron chi connectivity index (χ4n) is 2.06. The molecule has 5 nitrogen and oxygen atoms in total. The van der Waals surface area contributed by atoms with Crippen LogP contribution in [0, 0.1) is 0 Å². The summed E-state index contributed by atoms with van der Waals surface area (Å²) in [6.07, 6.45) is 0.406. The standard InChI is InChI=1S/C14H15BrN2O3/c1-9(10-2-4-11(15)5-3-10)16-12(18)8-17-13(19)6-7-14(17)20/h2-5,9H,6-8H2,1H3,(H,16,18)/t9-/m0/s1. The summed E-state index contributed by atoms with van der Waals surface area (Å²) < 4.78 is 0.966. The zero-order valence-electron chi connectivity index (χ0n) is 11.1. The van der Waals surface area contributed by atoms with Crippen LogP contribution in [-0.4, -0.2) is 29.2 Å². The van der Waals surface area contributed by atoms with Crippen molar-refractivity contribution in [3.05, 3.63) is 34.3 Å². The van der Waals surface area contributed by atoms with Crippen molar-refractivity contribution in [3.8, 4) is 0 Å². The van der Waals surface area contributed by atoms with Crippen LogP contribution in [0.3, 0.4) is 0 Å². The molecule has 2 rings (SSSR count). The van der Waals surface area contributed by atoms with E-state index < -0.39 is 0 Å². The van der Waals surface area contributed by atoms with Gasteiger partial charge in [-0.3, -0.25) is 19.3 Å². The van der Waals surface area contributed by atoms with E-state index in [1.165, 1.54) is 0 Å². The van der Waals surface area contributed by atoms with Gasteiger partial charge in [0.25, 0.3) is 0 Å². The molecule has 0 unspecified atom stereocenters. The Balaban J connectivity index is 1.92. The highest BCUT2D eigenvalue weighted by atomic mass is 79.9. The van der Waals surface area contributed by atoms with E-state index in [0.717, 1.165) is 14.9 Å². The minimum Gasteiger partial charge on any atom is -0.348 e. The van der Waals surface area contributed by atoms with Crippen molar-refractivity contribution >= 4 is 33.7 Å². The normalized spacial score (nSPS) is 16.4. The molecule has 0 aliphatic carbocycles. The van der Waals surface area contributed by atoms with Gasteiger partial charge in [0, 0.05) is 17.3 Å². The monoisotopic (exact) mass is 338 g/mol. The van der Waals surface area contributed by atoms with Gasteiger partial charge in [0.15, 0.2) is 0 Å². The molecule has 1 aliphatic rings. The molecule has 1 N–H and O–H groups in total. The Labute approximate surface area is 125 Å². The van der Waals surface area contributed by atoms with E-state index in [1.807, 2.05) is 31.2 Å². The quantitative estimate of drug-likeness (QED) is 0.851. The van der Waals surface area contributed by atoms with E-state index in [4.69, 9.17) is 0 Å². The molecule has 1 saturated heterocycles. The first-order valence-corrected chi connectivity index (χ1v) is 7.14. The number of likely N-dealkylation sites (tertiary alicyclic amines) is 1. The molecule has 0 radical (unpaired) electrons. The van der Waals surface area contributed by atoms with Crippen LogP contribution in [0.2, 0.25) is 0 Å². The first-order valence-electron chi connectivity index (χ1n) is 6.35. The molecule has 20 heavy (non-hydrogen) atoms. The Morgan fingerprint density at radius 2 is 1.80 bits per heavy atom. The van der Waals surface area contributed by atoms with Crippen molar-refractivity contribution in [2.24, 2.45) is 0 Å².